The molecule has 1 saturated carbocycles. The number of rotatable bonds is 7. The molecule has 184 valence electrons. The minimum Gasteiger partial charge on any atom is -0.481 e. The number of carbonyl (C=O) groups excluding carboxylic acids is 1. The number of pyridine rings is 1. The predicted octanol–water partition coefficient (Wildman–Crippen LogP) is 2.83. The Hall–Kier alpha value is -3.44. The van der Waals surface area contributed by atoms with E-state index < -0.39 is 11.6 Å². The van der Waals surface area contributed by atoms with E-state index in [9.17, 15) is 13.6 Å². The summed E-state index contributed by atoms with van der Waals surface area (Å²) >= 11 is 0. The first-order valence-corrected chi connectivity index (χ1v) is 11.6. The first-order chi connectivity index (χ1) is 17.0. The molecule has 3 N–H and O–H groups in total. The highest BCUT2D eigenvalue weighted by atomic mass is 19.1. The van der Waals surface area contributed by atoms with E-state index in [1.54, 1.807) is 18.3 Å². The Morgan fingerprint density at radius 3 is 2.57 bits per heavy atom. The Morgan fingerprint density at radius 2 is 1.83 bits per heavy atom. The number of ether oxygens (including phenoxy) is 2. The Labute approximate surface area is 200 Å². The third-order valence-corrected chi connectivity index (χ3v) is 6.42. The second-order valence-electron chi connectivity index (χ2n) is 8.73. The van der Waals surface area contributed by atoms with Crippen molar-refractivity contribution in [3.05, 3.63) is 47.3 Å². The highest BCUT2D eigenvalue weighted by Crippen LogP contribution is 2.27. The number of methoxy groups -OCH3 is 1. The number of hydrogen-bond acceptors (Lipinski definition) is 8. The van der Waals surface area contributed by atoms with Gasteiger partial charge in [0.2, 0.25) is 5.88 Å². The Morgan fingerprint density at radius 1 is 1.09 bits per heavy atom. The number of benzene rings is 1. The standard InChI is InChI=1S/C24H26F2N6O3/c1-34-21-7-6-16-18(25)8-19(26)17(22(16)32-21)11-28-14-4-2-13(3-5-14)27-9-15-10-29-24-23(30-15)31-20(33)12-35-24/h6-8,10,13-14,27-28H,2-5,9,11-12H2,1H3,(H,30,31,33). The van der Waals surface area contributed by atoms with Gasteiger partial charge in [0.15, 0.2) is 12.4 Å². The minimum absolute atomic E-state index is 0.0503. The van der Waals surface area contributed by atoms with E-state index in [2.05, 4.69) is 30.9 Å². The van der Waals surface area contributed by atoms with E-state index in [4.69, 9.17) is 9.47 Å². The Bertz CT molecular complexity index is 1250. The van der Waals surface area contributed by atoms with Gasteiger partial charge in [-0.25, -0.2) is 23.7 Å². The molecule has 0 unspecified atom stereocenters. The predicted molar refractivity (Wildman–Crippen MR) is 124 cm³/mol. The van der Waals surface area contributed by atoms with E-state index in [0.29, 0.717) is 35.7 Å². The number of fused-ring (bicyclic) bond motifs is 2. The molecule has 0 atom stereocenters. The van der Waals surface area contributed by atoms with Gasteiger partial charge in [-0.2, -0.15) is 0 Å². The van der Waals surface area contributed by atoms with E-state index in [-0.39, 0.29) is 36.0 Å². The van der Waals surface area contributed by atoms with Gasteiger partial charge in [-0.05, 0) is 31.7 Å². The zero-order valence-electron chi connectivity index (χ0n) is 19.2. The summed E-state index contributed by atoms with van der Waals surface area (Å²) in [5.41, 5.74) is 1.33. The molecule has 3 aromatic rings. The third-order valence-electron chi connectivity index (χ3n) is 6.42. The molecule has 1 aliphatic carbocycles. The second-order valence-corrected chi connectivity index (χ2v) is 8.73. The number of carbonyl (C=O) groups is 1. The summed E-state index contributed by atoms with van der Waals surface area (Å²) in [5.74, 6) is -0.507. The fourth-order valence-electron chi connectivity index (χ4n) is 4.52. The topological polar surface area (TPSA) is 110 Å². The van der Waals surface area contributed by atoms with Crippen LogP contribution in [0.4, 0.5) is 14.6 Å². The van der Waals surface area contributed by atoms with Crippen molar-refractivity contribution in [1.82, 2.24) is 25.6 Å². The van der Waals surface area contributed by atoms with Gasteiger partial charge in [-0.1, -0.05) is 0 Å². The summed E-state index contributed by atoms with van der Waals surface area (Å²) in [5, 5.41) is 9.84. The number of nitrogens with zero attached hydrogens (tertiary/aromatic N) is 3. The number of hydrogen-bond donors (Lipinski definition) is 3. The minimum atomic E-state index is -0.637. The number of aromatic nitrogens is 3. The van der Waals surface area contributed by atoms with Gasteiger partial charge < -0.3 is 25.4 Å². The molecule has 5 rings (SSSR count). The lowest BCUT2D eigenvalue weighted by atomic mass is 9.91. The average Bonchev–Trinajstić information content (AvgIpc) is 2.87. The molecule has 3 heterocycles. The molecular weight excluding hydrogens is 458 g/mol. The van der Waals surface area contributed by atoms with Crippen LogP contribution < -0.4 is 25.4 Å². The molecule has 9 nitrogen and oxygen atoms in total. The average molecular weight is 485 g/mol. The lowest BCUT2D eigenvalue weighted by Crippen LogP contribution is -2.39. The lowest BCUT2D eigenvalue weighted by molar-refractivity contribution is -0.118. The van der Waals surface area contributed by atoms with E-state index in [1.807, 2.05) is 0 Å². The van der Waals surface area contributed by atoms with Gasteiger partial charge >= 0.3 is 0 Å². The van der Waals surface area contributed by atoms with Gasteiger partial charge in [-0.15, -0.1) is 0 Å². The van der Waals surface area contributed by atoms with Crippen molar-refractivity contribution >= 4 is 22.6 Å². The quantitative estimate of drug-likeness (QED) is 0.470. The van der Waals surface area contributed by atoms with Gasteiger partial charge in [0, 0.05) is 48.3 Å². The van der Waals surface area contributed by atoms with E-state index >= 15 is 0 Å². The lowest BCUT2D eigenvalue weighted by Gasteiger charge is -2.30. The maximum absolute atomic E-state index is 14.6. The van der Waals surface area contributed by atoms with Crippen LogP contribution in [0.1, 0.15) is 36.9 Å². The van der Waals surface area contributed by atoms with Crippen molar-refractivity contribution in [2.45, 2.75) is 50.9 Å². The van der Waals surface area contributed by atoms with Crippen LogP contribution in [0.5, 0.6) is 11.8 Å². The van der Waals surface area contributed by atoms with Crippen LogP contribution in [0.2, 0.25) is 0 Å². The van der Waals surface area contributed by atoms with Gasteiger partial charge in [0.05, 0.1) is 24.5 Å². The summed E-state index contributed by atoms with van der Waals surface area (Å²) in [6.07, 6.45) is 5.34. The van der Waals surface area contributed by atoms with Crippen LogP contribution in [0.15, 0.2) is 24.4 Å². The van der Waals surface area contributed by atoms with E-state index in [0.717, 1.165) is 37.4 Å². The summed E-state index contributed by atoms with van der Waals surface area (Å²) in [6.45, 7) is 0.731. The van der Waals surface area contributed by atoms with Crippen LogP contribution in [-0.2, 0) is 17.9 Å². The maximum atomic E-state index is 14.6. The van der Waals surface area contributed by atoms with Crippen molar-refractivity contribution in [3.8, 4) is 11.8 Å². The van der Waals surface area contributed by atoms with Gasteiger partial charge in [-0.3, -0.25) is 4.79 Å². The summed E-state index contributed by atoms with van der Waals surface area (Å²) in [4.78, 5) is 24.4. The smallest absolute Gasteiger partial charge is 0.263 e. The summed E-state index contributed by atoms with van der Waals surface area (Å²) < 4.78 is 39.2. The molecule has 1 aromatic carbocycles. The summed E-state index contributed by atoms with van der Waals surface area (Å²) in [7, 11) is 1.47. The number of nitrogens with one attached hydrogen (secondary N) is 3. The van der Waals surface area contributed by atoms with Crippen molar-refractivity contribution in [1.29, 1.82) is 0 Å². The number of amides is 1. The molecule has 0 saturated heterocycles. The fourth-order valence-corrected chi connectivity index (χ4v) is 4.52. The zero-order valence-corrected chi connectivity index (χ0v) is 19.2. The first-order valence-electron chi connectivity index (χ1n) is 11.6. The van der Waals surface area contributed by atoms with Crippen LogP contribution in [0, 0.1) is 11.6 Å². The second kappa shape index (κ2) is 10.0. The van der Waals surface area contributed by atoms with Crippen molar-refractivity contribution in [2.75, 3.05) is 19.0 Å². The molecule has 2 aliphatic rings. The molecule has 2 aromatic heterocycles. The summed E-state index contributed by atoms with van der Waals surface area (Å²) in [6, 6.07) is 4.56. The largest absolute Gasteiger partial charge is 0.481 e. The van der Waals surface area contributed by atoms with Crippen LogP contribution in [-0.4, -0.2) is 46.7 Å². The maximum Gasteiger partial charge on any atom is 0.263 e. The monoisotopic (exact) mass is 484 g/mol. The van der Waals surface area contributed by atoms with Gasteiger partial charge in [0.25, 0.3) is 11.8 Å². The van der Waals surface area contributed by atoms with Crippen LogP contribution >= 0.6 is 0 Å². The highest BCUT2D eigenvalue weighted by Gasteiger charge is 2.23. The van der Waals surface area contributed by atoms with Crippen molar-refractivity contribution < 1.29 is 23.0 Å². The van der Waals surface area contributed by atoms with Crippen LogP contribution in [0.25, 0.3) is 10.9 Å². The molecule has 0 spiro atoms. The molecule has 1 amide bonds. The van der Waals surface area contributed by atoms with E-state index in [1.165, 1.54) is 7.11 Å². The molecule has 11 heteroatoms. The molecule has 1 aliphatic heterocycles. The normalized spacial score (nSPS) is 19.7. The molecule has 35 heavy (non-hydrogen) atoms. The molecule has 0 bridgehead atoms. The Kier molecular flexibility index (Phi) is 6.69. The number of halogens is 2. The third kappa shape index (κ3) is 5.15. The SMILES string of the molecule is COc1ccc2c(F)cc(F)c(CNC3CCC(NCc4cnc5c(n4)NC(=O)CO5)CC3)c2n1. The highest BCUT2D eigenvalue weighted by molar-refractivity contribution is 5.93. The number of anilines is 1. The van der Waals surface area contributed by atoms with Crippen molar-refractivity contribution in [2.24, 2.45) is 0 Å². The van der Waals surface area contributed by atoms with Crippen LogP contribution in [0.3, 0.4) is 0 Å². The molecular formula is C24H26F2N6O3. The molecule has 1 fully saturated rings. The molecule has 0 radical (unpaired) electrons. The Balaban J connectivity index is 1.15. The zero-order chi connectivity index (χ0) is 24.4. The first kappa shape index (κ1) is 23.3. The van der Waals surface area contributed by atoms with Crippen molar-refractivity contribution in [3.63, 3.8) is 0 Å². The fraction of sp³-hybridized carbons (Fsp3) is 0.417. The van der Waals surface area contributed by atoms with Gasteiger partial charge in [0.1, 0.15) is 11.6 Å².